The van der Waals surface area contributed by atoms with Crippen molar-refractivity contribution in [2.75, 3.05) is 36.1 Å². The molecule has 2 saturated heterocycles. The van der Waals surface area contributed by atoms with E-state index in [1.807, 2.05) is 24.4 Å². The summed E-state index contributed by atoms with van der Waals surface area (Å²) in [4.78, 5) is 9.28. The van der Waals surface area contributed by atoms with Gasteiger partial charge in [0.25, 0.3) is 0 Å². The first-order chi connectivity index (χ1) is 17.7. The molecule has 0 radical (unpaired) electrons. The van der Waals surface area contributed by atoms with Crippen molar-refractivity contribution in [1.82, 2.24) is 14.9 Å². The van der Waals surface area contributed by atoms with Gasteiger partial charge in [0.15, 0.2) is 5.11 Å². The Balaban J connectivity index is 1.42. The fraction of sp³-hybridized carbons (Fsp3) is 0.214. The molecule has 0 saturated carbocycles. The number of morpholine rings is 1. The summed E-state index contributed by atoms with van der Waals surface area (Å²) in [5, 5.41) is 4.26. The van der Waals surface area contributed by atoms with Gasteiger partial charge in [-0.25, -0.2) is 0 Å². The molecule has 182 valence electrons. The van der Waals surface area contributed by atoms with Crippen LogP contribution in [0.25, 0.3) is 5.69 Å². The summed E-state index contributed by atoms with van der Waals surface area (Å²) < 4.78 is 8.79. The van der Waals surface area contributed by atoms with E-state index in [4.69, 9.17) is 21.9 Å². The first-order valence-electron chi connectivity index (χ1n) is 12.1. The first kappa shape index (κ1) is 23.2. The number of hydrogen-bond acceptors (Lipinski definition) is 4. The molecule has 36 heavy (non-hydrogen) atoms. The summed E-state index contributed by atoms with van der Waals surface area (Å²) in [6, 6.07) is 27.1. The molecule has 0 amide bonds. The van der Waals surface area contributed by atoms with Gasteiger partial charge in [-0.2, -0.15) is 0 Å². The lowest BCUT2D eigenvalue weighted by molar-refractivity contribution is 0.122. The number of rotatable bonds is 5. The van der Waals surface area contributed by atoms with Crippen molar-refractivity contribution in [3.05, 3.63) is 107 Å². The summed E-state index contributed by atoms with van der Waals surface area (Å²) >= 11 is 9.56. The molecule has 1 N–H and O–H groups in total. The van der Waals surface area contributed by atoms with E-state index in [1.54, 1.807) is 0 Å². The molecule has 2 aromatic heterocycles. The van der Waals surface area contributed by atoms with Gasteiger partial charge >= 0.3 is 0 Å². The molecule has 2 atom stereocenters. The molecule has 0 bridgehead atoms. The van der Waals surface area contributed by atoms with Crippen molar-refractivity contribution in [1.29, 1.82) is 0 Å². The van der Waals surface area contributed by atoms with E-state index in [-0.39, 0.29) is 12.1 Å². The summed E-state index contributed by atoms with van der Waals surface area (Å²) in [6.45, 7) is 3.35. The number of aromatic nitrogens is 2. The predicted molar refractivity (Wildman–Crippen MR) is 151 cm³/mol. The molecule has 2 fully saturated rings. The Labute approximate surface area is 224 Å². The zero-order chi connectivity index (χ0) is 24.5. The Morgan fingerprint density at radius 3 is 2.44 bits per heavy atom. The van der Waals surface area contributed by atoms with Crippen molar-refractivity contribution in [2.24, 2.45) is 0 Å². The van der Waals surface area contributed by atoms with Crippen molar-refractivity contribution < 1.29 is 4.74 Å². The summed E-state index contributed by atoms with van der Waals surface area (Å²) in [5.74, 6) is 0. The quantitative estimate of drug-likeness (QED) is 0.319. The maximum atomic E-state index is 5.93. The summed E-state index contributed by atoms with van der Waals surface area (Å²) in [7, 11) is 0. The average molecular weight is 561 g/mol. The number of nitrogens with one attached hydrogen (secondary N) is 1. The van der Waals surface area contributed by atoms with Crippen molar-refractivity contribution in [3.8, 4) is 5.69 Å². The van der Waals surface area contributed by atoms with E-state index in [0.29, 0.717) is 5.11 Å². The van der Waals surface area contributed by atoms with Crippen LogP contribution in [0.1, 0.15) is 23.5 Å². The molecule has 2 aliphatic rings. The molecule has 0 aliphatic carbocycles. The van der Waals surface area contributed by atoms with Gasteiger partial charge in [0.2, 0.25) is 0 Å². The summed E-state index contributed by atoms with van der Waals surface area (Å²) in [5.41, 5.74) is 5.43. The van der Waals surface area contributed by atoms with E-state index in [2.05, 4.69) is 102 Å². The minimum Gasteiger partial charge on any atom is -0.378 e. The number of ether oxygens (including phenoxy) is 1. The molecule has 0 unspecified atom stereocenters. The van der Waals surface area contributed by atoms with Crippen LogP contribution in [0, 0.1) is 0 Å². The van der Waals surface area contributed by atoms with Gasteiger partial charge in [-0.05, 0) is 78.9 Å². The predicted octanol–water partition coefficient (Wildman–Crippen LogP) is 5.65. The molecule has 2 aromatic carbocycles. The van der Waals surface area contributed by atoms with E-state index in [0.717, 1.165) is 53.5 Å². The molecule has 8 heteroatoms. The van der Waals surface area contributed by atoms with Gasteiger partial charge in [0, 0.05) is 52.7 Å². The van der Waals surface area contributed by atoms with Crippen LogP contribution in [-0.4, -0.2) is 41.0 Å². The number of halogens is 1. The smallest absolute Gasteiger partial charge is 0.174 e. The van der Waals surface area contributed by atoms with Gasteiger partial charge < -0.3 is 24.4 Å². The maximum Gasteiger partial charge on any atom is 0.174 e. The van der Waals surface area contributed by atoms with Crippen LogP contribution in [0.2, 0.25) is 0 Å². The largest absolute Gasteiger partial charge is 0.378 e. The van der Waals surface area contributed by atoms with Crippen LogP contribution in [0.3, 0.4) is 0 Å². The van der Waals surface area contributed by atoms with Crippen molar-refractivity contribution >= 4 is 44.6 Å². The maximum absolute atomic E-state index is 5.93. The van der Waals surface area contributed by atoms with Crippen LogP contribution in [0.5, 0.6) is 0 Å². The summed E-state index contributed by atoms with van der Waals surface area (Å²) in [6.07, 6.45) is 3.94. The van der Waals surface area contributed by atoms with Gasteiger partial charge in [-0.3, -0.25) is 4.98 Å². The second-order valence-electron chi connectivity index (χ2n) is 8.90. The van der Waals surface area contributed by atoms with Crippen LogP contribution >= 0.6 is 28.1 Å². The Morgan fingerprint density at radius 2 is 1.69 bits per heavy atom. The van der Waals surface area contributed by atoms with Crippen molar-refractivity contribution in [3.63, 3.8) is 0 Å². The number of hydrogen-bond donors (Lipinski definition) is 1. The fourth-order valence-electron chi connectivity index (χ4n) is 5.08. The van der Waals surface area contributed by atoms with E-state index < -0.39 is 0 Å². The monoisotopic (exact) mass is 559 g/mol. The lowest BCUT2D eigenvalue weighted by atomic mass is 10.0. The molecule has 2 aliphatic heterocycles. The normalized spacial score (nSPS) is 20.0. The third-order valence-corrected chi connectivity index (χ3v) is 7.58. The molecular formula is C28H26BrN5OS. The minimum absolute atomic E-state index is 0.0874. The number of thiocarbonyl (C=S) groups is 1. The lowest BCUT2D eigenvalue weighted by Gasteiger charge is -2.31. The van der Waals surface area contributed by atoms with Crippen LogP contribution < -0.4 is 15.1 Å². The minimum atomic E-state index is -0.0987. The molecule has 0 spiro atoms. The number of pyridine rings is 1. The standard InChI is InChI=1S/C28H26BrN5OS/c29-20-5-3-6-23(19-20)33-14-4-8-25(33)27-26(24-7-1-2-13-30-24)31-28(36)34(27)22-11-9-21(10-12-22)32-15-17-35-18-16-32/h1-14,19,26-27H,15-18H2,(H,31,36)/t26-,27-/m1/s1. The molecular weight excluding hydrogens is 534 g/mol. The fourth-order valence-corrected chi connectivity index (χ4v) is 5.81. The van der Waals surface area contributed by atoms with Gasteiger partial charge in [0.1, 0.15) is 6.04 Å². The molecule has 6 nitrogen and oxygen atoms in total. The second-order valence-corrected chi connectivity index (χ2v) is 10.2. The second kappa shape index (κ2) is 10.0. The van der Waals surface area contributed by atoms with Crippen molar-refractivity contribution in [2.45, 2.75) is 12.1 Å². The Hall–Kier alpha value is -3.20. The Morgan fingerprint density at radius 1 is 0.889 bits per heavy atom. The zero-order valence-electron chi connectivity index (χ0n) is 19.6. The topological polar surface area (TPSA) is 45.6 Å². The highest BCUT2D eigenvalue weighted by molar-refractivity contribution is 9.10. The number of nitrogens with zero attached hydrogens (tertiary/aromatic N) is 4. The zero-order valence-corrected chi connectivity index (χ0v) is 22.0. The van der Waals surface area contributed by atoms with E-state index >= 15 is 0 Å². The third kappa shape index (κ3) is 4.40. The van der Waals surface area contributed by atoms with E-state index in [9.17, 15) is 0 Å². The first-order valence-corrected chi connectivity index (χ1v) is 13.3. The highest BCUT2D eigenvalue weighted by Gasteiger charge is 2.42. The van der Waals surface area contributed by atoms with Gasteiger partial charge in [0.05, 0.1) is 24.9 Å². The molecule has 4 heterocycles. The lowest BCUT2D eigenvalue weighted by Crippen LogP contribution is -2.36. The highest BCUT2D eigenvalue weighted by atomic mass is 79.9. The Bertz CT molecular complexity index is 1350. The Kier molecular flexibility index (Phi) is 6.48. The number of benzene rings is 2. The van der Waals surface area contributed by atoms with Crippen LogP contribution in [-0.2, 0) is 4.74 Å². The van der Waals surface area contributed by atoms with Gasteiger partial charge in [-0.15, -0.1) is 0 Å². The molecule has 6 rings (SSSR count). The van der Waals surface area contributed by atoms with Crippen LogP contribution in [0.4, 0.5) is 11.4 Å². The van der Waals surface area contributed by atoms with Gasteiger partial charge in [-0.1, -0.05) is 28.1 Å². The van der Waals surface area contributed by atoms with Crippen LogP contribution in [0.15, 0.2) is 95.7 Å². The molecule has 4 aromatic rings. The third-order valence-electron chi connectivity index (χ3n) is 6.77. The number of anilines is 2. The SMILES string of the molecule is S=C1N[C@H](c2ccccn2)[C@@H](c2cccn2-c2cccc(Br)c2)N1c1ccc(N2CCOCC2)cc1. The average Bonchev–Trinajstić information content (AvgIpc) is 3.54. The van der Waals surface area contributed by atoms with E-state index in [1.165, 1.54) is 5.69 Å². The highest BCUT2D eigenvalue weighted by Crippen LogP contribution is 2.42.